The maximum atomic E-state index is 4.96. The molecule has 24 heavy (non-hydrogen) atoms. The molecule has 3 aromatic rings. The molecule has 0 fully saturated rings. The number of aromatic nitrogens is 1. The van der Waals surface area contributed by atoms with Gasteiger partial charge < -0.3 is 4.84 Å². The molecule has 2 aromatic carbocycles. The Labute approximate surface area is 142 Å². The van der Waals surface area contributed by atoms with Crippen LogP contribution in [0.25, 0.3) is 22.4 Å². The van der Waals surface area contributed by atoms with E-state index in [0.29, 0.717) is 0 Å². The zero-order valence-corrected chi connectivity index (χ0v) is 13.9. The molecule has 0 spiro atoms. The Hall–Kier alpha value is -2.94. The van der Waals surface area contributed by atoms with Crippen LogP contribution < -0.4 is 0 Å². The summed E-state index contributed by atoms with van der Waals surface area (Å²) < 4.78 is 0. The fourth-order valence-corrected chi connectivity index (χ4v) is 2.69. The van der Waals surface area contributed by atoms with Gasteiger partial charge in [-0.05, 0) is 24.1 Å². The van der Waals surface area contributed by atoms with E-state index in [2.05, 4.69) is 35.5 Å². The topological polar surface area (TPSA) is 34.5 Å². The lowest BCUT2D eigenvalue weighted by Gasteiger charge is -2.12. The molecule has 0 aliphatic heterocycles. The van der Waals surface area contributed by atoms with E-state index in [1.807, 2.05) is 49.4 Å². The van der Waals surface area contributed by atoms with Gasteiger partial charge in [0.05, 0.1) is 11.4 Å². The zero-order valence-electron chi connectivity index (χ0n) is 13.9. The summed E-state index contributed by atoms with van der Waals surface area (Å²) in [6, 6.07) is 24.7. The third-order valence-corrected chi connectivity index (χ3v) is 3.86. The molecule has 3 heteroatoms. The van der Waals surface area contributed by atoms with E-state index in [1.54, 1.807) is 7.11 Å². The summed E-state index contributed by atoms with van der Waals surface area (Å²) in [7, 11) is 1.56. The molecule has 1 aromatic heterocycles. The highest BCUT2D eigenvalue weighted by atomic mass is 16.6. The van der Waals surface area contributed by atoms with Crippen molar-refractivity contribution in [1.29, 1.82) is 0 Å². The Balaban J connectivity index is 2.19. The normalized spacial score (nSPS) is 11.3. The molecule has 0 unspecified atom stereocenters. The smallest absolute Gasteiger partial charge is 0.106 e. The third-order valence-electron chi connectivity index (χ3n) is 3.86. The van der Waals surface area contributed by atoms with E-state index in [-0.39, 0.29) is 0 Å². The van der Waals surface area contributed by atoms with Crippen molar-refractivity contribution >= 4 is 5.71 Å². The maximum absolute atomic E-state index is 4.96. The van der Waals surface area contributed by atoms with E-state index < -0.39 is 0 Å². The summed E-state index contributed by atoms with van der Waals surface area (Å²) in [6.07, 6.45) is 0.764. The minimum absolute atomic E-state index is 0.764. The van der Waals surface area contributed by atoms with Gasteiger partial charge in [0.25, 0.3) is 0 Å². The highest BCUT2D eigenvalue weighted by Crippen LogP contribution is 2.30. The summed E-state index contributed by atoms with van der Waals surface area (Å²) in [5, 5.41) is 4.10. The van der Waals surface area contributed by atoms with Gasteiger partial charge in [0, 0.05) is 11.1 Å². The standard InChI is InChI=1S/C21H20N2O/c1-3-19(23-24-2)20-15-14-18(16-10-6-4-7-11-16)21(22-20)17-12-8-5-9-13-17/h4-15H,3H2,1-2H3. The molecule has 3 nitrogen and oxygen atoms in total. The summed E-state index contributed by atoms with van der Waals surface area (Å²) in [6.45, 7) is 2.05. The van der Waals surface area contributed by atoms with E-state index in [4.69, 9.17) is 9.82 Å². The van der Waals surface area contributed by atoms with Crippen LogP contribution in [0, 0.1) is 0 Å². The van der Waals surface area contributed by atoms with Gasteiger partial charge in [-0.3, -0.25) is 0 Å². The highest BCUT2D eigenvalue weighted by molar-refractivity contribution is 5.99. The second-order valence-corrected chi connectivity index (χ2v) is 5.40. The van der Waals surface area contributed by atoms with Gasteiger partial charge in [0.2, 0.25) is 0 Å². The van der Waals surface area contributed by atoms with Crippen molar-refractivity contribution < 1.29 is 4.84 Å². The van der Waals surface area contributed by atoms with Crippen molar-refractivity contribution in [2.24, 2.45) is 5.16 Å². The van der Waals surface area contributed by atoms with E-state index in [0.717, 1.165) is 40.2 Å². The Morgan fingerprint density at radius 2 is 1.50 bits per heavy atom. The maximum Gasteiger partial charge on any atom is 0.106 e. The number of hydrogen-bond donors (Lipinski definition) is 0. The number of pyridine rings is 1. The summed E-state index contributed by atoms with van der Waals surface area (Å²) in [5.41, 5.74) is 5.99. The molecule has 0 aliphatic rings. The van der Waals surface area contributed by atoms with Gasteiger partial charge in [-0.2, -0.15) is 0 Å². The Morgan fingerprint density at radius 3 is 2.08 bits per heavy atom. The van der Waals surface area contributed by atoms with Gasteiger partial charge in [-0.25, -0.2) is 4.98 Å². The number of nitrogens with zero attached hydrogens (tertiary/aromatic N) is 2. The Bertz CT molecular complexity index is 827. The van der Waals surface area contributed by atoms with Crippen molar-refractivity contribution in [2.75, 3.05) is 7.11 Å². The predicted molar refractivity (Wildman–Crippen MR) is 98.9 cm³/mol. The lowest BCUT2D eigenvalue weighted by atomic mass is 9.98. The number of benzene rings is 2. The molecule has 0 amide bonds. The van der Waals surface area contributed by atoms with E-state index in [1.165, 1.54) is 0 Å². The average molecular weight is 316 g/mol. The second-order valence-electron chi connectivity index (χ2n) is 5.40. The number of rotatable bonds is 5. The van der Waals surface area contributed by atoms with Crippen molar-refractivity contribution in [2.45, 2.75) is 13.3 Å². The molecular formula is C21H20N2O. The Kier molecular flexibility index (Phi) is 5.02. The van der Waals surface area contributed by atoms with Gasteiger partial charge in [0.15, 0.2) is 0 Å². The van der Waals surface area contributed by atoms with Crippen molar-refractivity contribution in [3.8, 4) is 22.4 Å². The summed E-state index contributed by atoms with van der Waals surface area (Å²) in [4.78, 5) is 9.86. The first kappa shape index (κ1) is 15.9. The molecular weight excluding hydrogens is 296 g/mol. The highest BCUT2D eigenvalue weighted by Gasteiger charge is 2.12. The van der Waals surface area contributed by atoms with Gasteiger partial charge in [0.1, 0.15) is 12.8 Å². The quantitative estimate of drug-likeness (QED) is 0.480. The summed E-state index contributed by atoms with van der Waals surface area (Å²) in [5.74, 6) is 0. The molecule has 3 rings (SSSR count). The SMILES string of the molecule is CCC(=NOC)c1ccc(-c2ccccc2)c(-c2ccccc2)n1. The minimum Gasteiger partial charge on any atom is -0.399 e. The molecule has 0 bridgehead atoms. The second kappa shape index (κ2) is 7.55. The molecule has 0 radical (unpaired) electrons. The molecule has 0 saturated heterocycles. The van der Waals surface area contributed by atoms with Gasteiger partial charge >= 0.3 is 0 Å². The van der Waals surface area contributed by atoms with Gasteiger partial charge in [-0.1, -0.05) is 72.7 Å². The predicted octanol–water partition coefficient (Wildman–Crippen LogP) is 5.18. The first-order valence-corrected chi connectivity index (χ1v) is 8.05. The van der Waals surface area contributed by atoms with Crippen LogP contribution in [-0.4, -0.2) is 17.8 Å². The van der Waals surface area contributed by atoms with Crippen LogP contribution in [0.1, 0.15) is 19.0 Å². The first-order chi connectivity index (χ1) is 11.8. The average Bonchev–Trinajstić information content (AvgIpc) is 2.67. The zero-order chi connectivity index (χ0) is 16.8. The van der Waals surface area contributed by atoms with Crippen LogP contribution >= 0.6 is 0 Å². The van der Waals surface area contributed by atoms with E-state index in [9.17, 15) is 0 Å². The first-order valence-electron chi connectivity index (χ1n) is 8.05. The fraction of sp³-hybridized carbons (Fsp3) is 0.143. The molecule has 0 saturated carbocycles. The number of hydrogen-bond acceptors (Lipinski definition) is 3. The van der Waals surface area contributed by atoms with Crippen LogP contribution in [0.3, 0.4) is 0 Å². The molecule has 1 heterocycles. The Morgan fingerprint density at radius 1 is 0.875 bits per heavy atom. The van der Waals surface area contributed by atoms with Crippen LogP contribution in [0.5, 0.6) is 0 Å². The van der Waals surface area contributed by atoms with Crippen LogP contribution in [0.15, 0.2) is 78.0 Å². The van der Waals surface area contributed by atoms with Crippen molar-refractivity contribution in [3.63, 3.8) is 0 Å². The largest absolute Gasteiger partial charge is 0.399 e. The van der Waals surface area contributed by atoms with Crippen molar-refractivity contribution in [1.82, 2.24) is 4.98 Å². The summed E-state index contributed by atoms with van der Waals surface area (Å²) >= 11 is 0. The van der Waals surface area contributed by atoms with Crippen LogP contribution in [-0.2, 0) is 4.84 Å². The van der Waals surface area contributed by atoms with Crippen LogP contribution in [0.4, 0.5) is 0 Å². The molecule has 0 N–H and O–H groups in total. The van der Waals surface area contributed by atoms with Crippen LogP contribution in [0.2, 0.25) is 0 Å². The van der Waals surface area contributed by atoms with Crippen molar-refractivity contribution in [3.05, 3.63) is 78.5 Å². The third kappa shape index (κ3) is 3.35. The lowest BCUT2D eigenvalue weighted by Crippen LogP contribution is -2.04. The minimum atomic E-state index is 0.764. The molecule has 0 aliphatic carbocycles. The van der Waals surface area contributed by atoms with E-state index >= 15 is 0 Å². The fourth-order valence-electron chi connectivity index (χ4n) is 2.69. The van der Waals surface area contributed by atoms with Gasteiger partial charge in [-0.15, -0.1) is 0 Å². The lowest BCUT2D eigenvalue weighted by molar-refractivity contribution is 0.213. The number of oxime groups is 1. The monoisotopic (exact) mass is 316 g/mol. The molecule has 120 valence electrons. The molecule has 0 atom stereocenters.